The smallest absolute Gasteiger partial charge is 0.497 e. The normalized spacial score (nSPS) is 9.33. The summed E-state index contributed by atoms with van der Waals surface area (Å²) in [5.41, 5.74) is -1.86. The Kier molecular flexibility index (Phi) is 86.1. The quantitative estimate of drug-likeness (QED) is 0.159. The molecule has 0 aliphatic rings. The molecule has 0 unspecified atom stereocenters. The van der Waals surface area contributed by atoms with E-state index in [1.165, 1.54) is 61.2 Å². The third-order valence-electron chi connectivity index (χ3n) is 4.31. The van der Waals surface area contributed by atoms with Crippen LogP contribution in [-0.2, 0) is 52.7 Å². The Labute approximate surface area is 420 Å². The number of ether oxygens (including phenoxy) is 6. The lowest BCUT2D eigenvalue weighted by Gasteiger charge is -2.29. The Morgan fingerprint density at radius 1 is 0.609 bits per heavy atom. The highest BCUT2D eigenvalue weighted by atomic mass is 32.2. The van der Waals surface area contributed by atoms with Crippen LogP contribution in [0.25, 0.3) is 0 Å². The minimum Gasteiger partial charge on any atom is -0.497 e. The fourth-order valence-electron chi connectivity index (χ4n) is 1.06. The Bertz CT molecular complexity index is 1280. The lowest BCUT2D eigenvalue weighted by molar-refractivity contribution is -0.327. The molecule has 0 fully saturated rings. The average Bonchev–Trinajstić information content (AvgIpc) is 3.17. The van der Waals surface area contributed by atoms with Gasteiger partial charge in [0.15, 0.2) is 5.41 Å². The number of halogens is 6. The number of Topliss-reactive ketones (excluding diaryl/α,β-unsaturated/α-hetero) is 2. The van der Waals surface area contributed by atoms with E-state index < -0.39 is 33.8 Å². The predicted molar refractivity (Wildman–Crippen MR) is 275 cm³/mol. The zero-order chi connectivity index (χ0) is 59.0. The number of carbonyl (C=O) groups excluding carboxylic acids is 5. The number of thioether (sulfide) groups is 1. The van der Waals surface area contributed by atoms with Gasteiger partial charge in [-0.25, -0.2) is 13.2 Å². The van der Waals surface area contributed by atoms with Gasteiger partial charge in [-0.3, -0.25) is 9.59 Å². The number of ketones is 2. The molecule has 0 aliphatic carbocycles. The topological polar surface area (TPSA) is 175 Å². The van der Waals surface area contributed by atoms with Crippen LogP contribution in [0.2, 0.25) is 0 Å². The lowest BCUT2D eigenvalue weighted by Crippen LogP contribution is -2.44. The Balaban J connectivity index is -0.0000000521. The summed E-state index contributed by atoms with van der Waals surface area (Å²) in [4.78, 5) is 48.5. The summed E-state index contributed by atoms with van der Waals surface area (Å²) in [6.07, 6.45) is -2.36. The van der Waals surface area contributed by atoms with Crippen molar-refractivity contribution in [2.24, 2.45) is 16.7 Å². The summed E-state index contributed by atoms with van der Waals surface area (Å²) in [5, 5.41) is 0. The zero-order valence-corrected chi connectivity index (χ0v) is 49.5. The number of carbonyl (C=O) groups is 5. The van der Waals surface area contributed by atoms with E-state index in [0.717, 1.165) is 24.2 Å². The largest absolute Gasteiger partial charge is 0.507 e. The fraction of sp³-hybridized carbons (Fsp3) is 0.771. The first kappa shape index (κ1) is 95.1. The van der Waals surface area contributed by atoms with Crippen LogP contribution in [0.4, 0.5) is 31.1 Å². The molecule has 422 valence electrons. The van der Waals surface area contributed by atoms with Gasteiger partial charge >= 0.3 is 30.4 Å². The molecule has 0 N–H and O–H groups in total. The SMILES string of the molecule is CC(C)(C(F)(F)F)C(F)(F)F.CC(C)(C)C.CC(C)=O.CC(C)C.CCC.CCC(=O)OC.CCC(C)=O.COC.COC(=O)OC.COC(C)=O.COc1ccc(C)cc1.CS(C)(=O)=O.CSC. The molecule has 69 heavy (non-hydrogen) atoms. The molecule has 0 amide bonds. The second-order valence-electron chi connectivity index (χ2n) is 16.3. The molecule has 21 heteroatoms. The van der Waals surface area contributed by atoms with E-state index in [9.17, 15) is 58.7 Å². The summed E-state index contributed by atoms with van der Waals surface area (Å²) >= 11 is 1.75. The number of methoxy groups -OCH3 is 6. The molecule has 0 radical (unpaired) electrons. The molecule has 1 rings (SSSR count). The van der Waals surface area contributed by atoms with Crippen molar-refractivity contribution in [2.75, 3.05) is 74.8 Å². The molecular formula is C48H98F6O13S2. The minimum atomic E-state index is -5.24. The molecule has 0 saturated heterocycles. The number of alkyl halides is 6. The van der Waals surface area contributed by atoms with E-state index >= 15 is 0 Å². The summed E-state index contributed by atoms with van der Waals surface area (Å²) in [5.74, 6) is 1.77. The van der Waals surface area contributed by atoms with Crippen molar-refractivity contribution in [1.29, 1.82) is 0 Å². The molecule has 0 aromatic heterocycles. The van der Waals surface area contributed by atoms with Gasteiger partial charge in [0.2, 0.25) is 0 Å². The molecule has 0 saturated carbocycles. The molecule has 0 heterocycles. The maximum Gasteiger partial charge on any atom is 0.507 e. The summed E-state index contributed by atoms with van der Waals surface area (Å²) < 4.78 is 115. The Hall–Kier alpha value is -3.59. The van der Waals surface area contributed by atoms with Gasteiger partial charge in [-0.2, -0.15) is 38.1 Å². The van der Waals surface area contributed by atoms with E-state index in [1.54, 1.807) is 46.9 Å². The lowest BCUT2D eigenvalue weighted by atomic mass is 9.92. The van der Waals surface area contributed by atoms with Crippen LogP contribution in [0, 0.1) is 23.7 Å². The third-order valence-corrected chi connectivity index (χ3v) is 4.31. The van der Waals surface area contributed by atoms with E-state index in [4.69, 9.17) is 4.74 Å². The molecule has 0 aliphatic heterocycles. The molecule has 1 aromatic rings. The number of benzene rings is 1. The summed E-state index contributed by atoms with van der Waals surface area (Å²) in [6.45, 7) is 31.4. The highest BCUT2D eigenvalue weighted by molar-refractivity contribution is 7.97. The van der Waals surface area contributed by atoms with E-state index in [0.29, 0.717) is 18.3 Å². The highest BCUT2D eigenvalue weighted by Crippen LogP contribution is 2.49. The third kappa shape index (κ3) is 170. The van der Waals surface area contributed by atoms with Crippen LogP contribution in [-0.4, -0.2) is 125 Å². The van der Waals surface area contributed by atoms with Crippen molar-refractivity contribution in [3.8, 4) is 5.75 Å². The maximum atomic E-state index is 11.6. The number of aryl methyl sites for hydroxylation is 1. The van der Waals surface area contributed by atoms with Gasteiger partial charge in [-0.1, -0.05) is 100 Å². The number of esters is 2. The minimum absolute atomic E-state index is 0.104. The van der Waals surface area contributed by atoms with Crippen LogP contribution in [0.3, 0.4) is 0 Å². The molecular weight excluding hydrogens is 963 g/mol. The van der Waals surface area contributed by atoms with Crippen LogP contribution < -0.4 is 4.74 Å². The number of sulfone groups is 1. The summed E-state index contributed by atoms with van der Waals surface area (Å²) in [7, 11) is 7.50. The average molecular weight is 1060 g/mol. The monoisotopic (exact) mass is 1060 g/mol. The van der Waals surface area contributed by atoms with Crippen LogP contribution in [0.5, 0.6) is 5.75 Å². The summed E-state index contributed by atoms with van der Waals surface area (Å²) in [6, 6.07) is 7.96. The number of rotatable bonds is 3. The first-order valence-corrected chi connectivity index (χ1v) is 25.0. The van der Waals surface area contributed by atoms with Gasteiger partial charge in [0.05, 0.1) is 35.5 Å². The first-order valence-electron chi connectivity index (χ1n) is 21.1. The van der Waals surface area contributed by atoms with Crippen molar-refractivity contribution in [3.05, 3.63) is 29.8 Å². The maximum absolute atomic E-state index is 11.6. The molecule has 1 aromatic carbocycles. The standard InChI is InChI=1S/C8H10O.C5H6F6.C5H12.C4H8O2.C4H8O.C4H10.C3H6O3.C3H6O2.C3H6O.C3H8.C2H6O2S.C2H6O.C2H6S/c1-7-3-5-8(9-2)6-4-7;1-3(2,4(6,7)8)5(9,10)11;1-5(2,3)4;1-3-4(5)6-2;1-3-4(2)5;1-4(2)3;1-5-3(4)6-2;1-3(4)5-2;1-3(2)4;1-3-2;1-5(2,3)4;2*1-3-2/h3-6H,1-2H3;1-2H3;1-4H3;3H2,1-2H3;3H2,1-2H3;4H,1-3H3;1-2H3;1-2H3;1-2H3;3H2,1-2H3;1-2H3;2*1-2H3. The van der Waals surface area contributed by atoms with Gasteiger partial charge in [0, 0.05) is 46.5 Å². The van der Waals surface area contributed by atoms with Crippen molar-refractivity contribution in [2.45, 2.75) is 156 Å². The first-order chi connectivity index (χ1) is 30.7. The predicted octanol–water partition coefficient (Wildman–Crippen LogP) is 13.9. The van der Waals surface area contributed by atoms with Crippen LogP contribution in [0.15, 0.2) is 24.3 Å². The van der Waals surface area contributed by atoms with Gasteiger partial charge in [-0.15, -0.1) is 0 Å². The van der Waals surface area contributed by atoms with E-state index in [1.807, 2.05) is 43.7 Å². The Morgan fingerprint density at radius 2 is 0.812 bits per heavy atom. The number of hydrogen-bond acceptors (Lipinski definition) is 14. The second kappa shape index (κ2) is 62.4. The highest BCUT2D eigenvalue weighted by Gasteiger charge is 2.64. The van der Waals surface area contributed by atoms with Crippen LogP contribution in [0.1, 0.15) is 143 Å². The zero-order valence-electron chi connectivity index (χ0n) is 47.9. The van der Waals surface area contributed by atoms with Gasteiger partial charge in [0.25, 0.3) is 0 Å². The van der Waals surface area contributed by atoms with E-state index in [2.05, 4.69) is 92.9 Å². The number of hydrogen-bond donors (Lipinski definition) is 0. The molecule has 0 spiro atoms. The van der Waals surface area contributed by atoms with Gasteiger partial charge in [-0.05, 0) is 77.5 Å². The molecule has 0 atom stereocenters. The van der Waals surface area contributed by atoms with E-state index in [-0.39, 0.29) is 37.4 Å². The fourth-order valence-corrected chi connectivity index (χ4v) is 1.06. The van der Waals surface area contributed by atoms with Gasteiger partial charge < -0.3 is 38.0 Å². The molecule has 0 bridgehead atoms. The van der Waals surface area contributed by atoms with Crippen LogP contribution >= 0.6 is 11.8 Å². The van der Waals surface area contributed by atoms with Crippen molar-refractivity contribution < 1.29 is 87.2 Å². The van der Waals surface area contributed by atoms with Crippen molar-refractivity contribution in [3.63, 3.8) is 0 Å². The van der Waals surface area contributed by atoms with Crippen molar-refractivity contribution >= 4 is 51.3 Å². The molecule has 13 nitrogen and oxygen atoms in total. The van der Waals surface area contributed by atoms with Crippen molar-refractivity contribution in [1.82, 2.24) is 0 Å². The second-order valence-corrected chi connectivity index (χ2v) is 19.4. The Morgan fingerprint density at radius 3 is 0.870 bits per heavy atom. The van der Waals surface area contributed by atoms with Gasteiger partial charge in [0.1, 0.15) is 27.2 Å².